The number of fused-ring (bicyclic) bond motifs is 1. The summed E-state index contributed by atoms with van der Waals surface area (Å²) in [4.78, 5) is 25.2. The van der Waals surface area contributed by atoms with Crippen LogP contribution in [0.15, 0.2) is 72.8 Å². The molecule has 0 aromatic heterocycles. The van der Waals surface area contributed by atoms with Crippen LogP contribution in [0.3, 0.4) is 0 Å². The second kappa shape index (κ2) is 9.00. The number of halogens is 1. The highest BCUT2D eigenvalue weighted by Crippen LogP contribution is 2.30. The number of benzene rings is 3. The van der Waals surface area contributed by atoms with Crippen molar-refractivity contribution in [1.29, 1.82) is 0 Å². The molecular weight excluding hydrogens is 395 g/mol. The molecule has 1 heterocycles. The number of hydrogen-bond acceptors (Lipinski definition) is 3. The van der Waals surface area contributed by atoms with Crippen LogP contribution in [0.5, 0.6) is 5.75 Å². The number of hydrogen-bond donors (Lipinski definition) is 2. The monoisotopic (exact) mass is 418 g/mol. The van der Waals surface area contributed by atoms with Crippen LogP contribution in [-0.4, -0.2) is 18.4 Å². The maximum absolute atomic E-state index is 13.1. The summed E-state index contributed by atoms with van der Waals surface area (Å²) < 4.78 is 18.9. The van der Waals surface area contributed by atoms with Crippen LogP contribution in [0.1, 0.15) is 34.5 Å². The first-order valence-electron chi connectivity index (χ1n) is 10.2. The number of carbonyl (C=O) groups excluding carboxylic acids is 2. The van der Waals surface area contributed by atoms with Crippen molar-refractivity contribution >= 4 is 17.5 Å². The third kappa shape index (κ3) is 4.91. The molecule has 31 heavy (non-hydrogen) atoms. The lowest BCUT2D eigenvalue weighted by molar-refractivity contribution is -0.126. The van der Waals surface area contributed by atoms with Crippen LogP contribution in [0.4, 0.5) is 10.1 Å². The molecule has 0 radical (unpaired) electrons. The molecule has 2 atom stereocenters. The zero-order valence-electron chi connectivity index (χ0n) is 17.1. The van der Waals surface area contributed by atoms with Gasteiger partial charge in [-0.25, -0.2) is 4.39 Å². The van der Waals surface area contributed by atoms with Gasteiger partial charge in [-0.2, -0.15) is 0 Å². The molecular formula is C25H23FN2O3. The molecule has 2 unspecified atom stereocenters. The maximum Gasteiger partial charge on any atom is 0.255 e. The van der Waals surface area contributed by atoms with Crippen molar-refractivity contribution in [2.45, 2.75) is 19.4 Å². The van der Waals surface area contributed by atoms with Gasteiger partial charge in [0.2, 0.25) is 5.91 Å². The largest absolute Gasteiger partial charge is 0.492 e. The third-order valence-corrected chi connectivity index (χ3v) is 5.36. The Morgan fingerprint density at radius 3 is 2.52 bits per heavy atom. The number of nitrogens with one attached hydrogen (secondary N) is 2. The fourth-order valence-electron chi connectivity index (χ4n) is 3.60. The molecule has 0 aliphatic carbocycles. The number of rotatable bonds is 5. The average molecular weight is 418 g/mol. The Labute approximate surface area is 180 Å². The number of anilines is 1. The van der Waals surface area contributed by atoms with Crippen molar-refractivity contribution in [2.75, 3.05) is 11.9 Å². The molecule has 0 fully saturated rings. The van der Waals surface area contributed by atoms with E-state index in [1.54, 1.807) is 12.1 Å². The molecule has 0 bridgehead atoms. The van der Waals surface area contributed by atoms with E-state index >= 15 is 0 Å². The molecule has 4 rings (SSSR count). The summed E-state index contributed by atoms with van der Waals surface area (Å²) in [5.41, 5.74) is 2.85. The van der Waals surface area contributed by atoms with Crippen LogP contribution in [0, 0.1) is 11.7 Å². The minimum atomic E-state index is -0.395. The number of amides is 2. The van der Waals surface area contributed by atoms with E-state index in [0.717, 1.165) is 11.1 Å². The van der Waals surface area contributed by atoms with Gasteiger partial charge in [0.15, 0.2) is 0 Å². The first-order valence-corrected chi connectivity index (χ1v) is 10.2. The van der Waals surface area contributed by atoms with E-state index < -0.39 is 5.82 Å². The molecule has 5 nitrogen and oxygen atoms in total. The summed E-state index contributed by atoms with van der Waals surface area (Å²) in [6.45, 7) is 2.26. The van der Waals surface area contributed by atoms with Crippen LogP contribution in [0.25, 0.3) is 0 Å². The van der Waals surface area contributed by atoms with E-state index in [1.807, 2.05) is 43.3 Å². The Balaban J connectivity index is 1.41. The van der Waals surface area contributed by atoms with Crippen molar-refractivity contribution < 1.29 is 18.7 Å². The smallest absolute Gasteiger partial charge is 0.255 e. The van der Waals surface area contributed by atoms with Gasteiger partial charge in [-0.3, -0.25) is 9.59 Å². The van der Waals surface area contributed by atoms with Crippen molar-refractivity contribution in [3.05, 3.63) is 95.3 Å². The standard InChI is InChI=1S/C25H23FN2O3/c1-16(17-5-3-2-4-6-17)27-25(30)20-13-19-14-22(11-12-23(19)31-15-20)28-24(29)18-7-9-21(26)10-8-18/h2-12,14,16,20H,13,15H2,1H3,(H,27,30)(H,28,29). The number of carbonyl (C=O) groups is 2. The zero-order chi connectivity index (χ0) is 21.8. The molecule has 3 aromatic carbocycles. The fraction of sp³-hybridized carbons (Fsp3) is 0.200. The summed E-state index contributed by atoms with van der Waals surface area (Å²) >= 11 is 0. The summed E-state index contributed by atoms with van der Waals surface area (Å²) in [6, 6.07) is 20.4. The Morgan fingerprint density at radius 2 is 1.77 bits per heavy atom. The van der Waals surface area contributed by atoms with Crippen LogP contribution < -0.4 is 15.4 Å². The lowest BCUT2D eigenvalue weighted by Crippen LogP contribution is -2.38. The van der Waals surface area contributed by atoms with Crippen LogP contribution >= 0.6 is 0 Å². The molecule has 2 N–H and O–H groups in total. The van der Waals surface area contributed by atoms with Gasteiger partial charge in [-0.15, -0.1) is 0 Å². The van der Waals surface area contributed by atoms with E-state index in [9.17, 15) is 14.0 Å². The minimum Gasteiger partial charge on any atom is -0.492 e. The van der Waals surface area contributed by atoms with Gasteiger partial charge < -0.3 is 15.4 Å². The lowest BCUT2D eigenvalue weighted by atomic mass is 9.95. The van der Waals surface area contributed by atoms with Gasteiger partial charge in [-0.05, 0) is 66.9 Å². The number of ether oxygens (including phenoxy) is 1. The zero-order valence-corrected chi connectivity index (χ0v) is 17.1. The molecule has 6 heteroatoms. The van der Waals surface area contributed by atoms with E-state index in [2.05, 4.69) is 10.6 Å². The van der Waals surface area contributed by atoms with E-state index in [1.165, 1.54) is 24.3 Å². The predicted octanol–water partition coefficient (Wildman–Crippen LogP) is 4.51. The molecule has 2 amide bonds. The Kier molecular flexibility index (Phi) is 5.98. The molecule has 1 aliphatic rings. The predicted molar refractivity (Wildman–Crippen MR) is 116 cm³/mol. The molecule has 3 aromatic rings. The Bertz CT molecular complexity index is 1080. The third-order valence-electron chi connectivity index (χ3n) is 5.36. The highest BCUT2D eigenvalue weighted by molar-refractivity contribution is 6.04. The highest BCUT2D eigenvalue weighted by Gasteiger charge is 2.27. The summed E-state index contributed by atoms with van der Waals surface area (Å²) in [5.74, 6) is -0.402. The maximum atomic E-state index is 13.1. The summed E-state index contributed by atoms with van der Waals surface area (Å²) in [5, 5.41) is 5.86. The second-order valence-corrected chi connectivity index (χ2v) is 7.64. The second-order valence-electron chi connectivity index (χ2n) is 7.64. The molecule has 0 saturated heterocycles. The first kappa shape index (κ1) is 20.6. The van der Waals surface area contributed by atoms with Crippen LogP contribution in [0.2, 0.25) is 0 Å². The summed E-state index contributed by atoms with van der Waals surface area (Å²) in [7, 11) is 0. The Morgan fingerprint density at radius 1 is 1.03 bits per heavy atom. The van der Waals surface area contributed by atoms with Gasteiger partial charge in [0.1, 0.15) is 18.2 Å². The van der Waals surface area contributed by atoms with Gasteiger partial charge in [0, 0.05) is 11.3 Å². The van der Waals surface area contributed by atoms with Gasteiger partial charge in [0.05, 0.1) is 12.0 Å². The van der Waals surface area contributed by atoms with E-state index in [-0.39, 0.29) is 23.8 Å². The van der Waals surface area contributed by atoms with Crippen molar-refractivity contribution in [3.63, 3.8) is 0 Å². The van der Waals surface area contributed by atoms with Crippen molar-refractivity contribution in [3.8, 4) is 5.75 Å². The van der Waals surface area contributed by atoms with Crippen molar-refractivity contribution in [2.24, 2.45) is 5.92 Å². The van der Waals surface area contributed by atoms with Crippen LogP contribution in [-0.2, 0) is 11.2 Å². The fourth-order valence-corrected chi connectivity index (χ4v) is 3.60. The first-order chi connectivity index (χ1) is 15.0. The normalized spacial score (nSPS) is 15.9. The van der Waals surface area contributed by atoms with Crippen molar-refractivity contribution in [1.82, 2.24) is 5.32 Å². The molecule has 0 saturated carbocycles. The van der Waals surface area contributed by atoms with Gasteiger partial charge in [-0.1, -0.05) is 30.3 Å². The lowest BCUT2D eigenvalue weighted by Gasteiger charge is -2.26. The molecule has 158 valence electrons. The quantitative estimate of drug-likeness (QED) is 0.641. The minimum absolute atomic E-state index is 0.0669. The SMILES string of the molecule is CC(NC(=O)C1COc2ccc(NC(=O)c3ccc(F)cc3)cc2C1)c1ccccc1. The van der Waals surface area contributed by atoms with Gasteiger partial charge >= 0.3 is 0 Å². The Hall–Kier alpha value is -3.67. The highest BCUT2D eigenvalue weighted by atomic mass is 19.1. The van der Waals surface area contributed by atoms with E-state index in [0.29, 0.717) is 30.0 Å². The molecule has 1 aliphatic heterocycles. The van der Waals surface area contributed by atoms with Gasteiger partial charge in [0.25, 0.3) is 5.91 Å². The van der Waals surface area contributed by atoms with E-state index in [4.69, 9.17) is 4.74 Å². The average Bonchev–Trinajstić information content (AvgIpc) is 2.79. The summed E-state index contributed by atoms with van der Waals surface area (Å²) in [6.07, 6.45) is 0.517. The topological polar surface area (TPSA) is 67.4 Å². The molecule has 0 spiro atoms.